The van der Waals surface area contributed by atoms with Crippen molar-refractivity contribution < 1.29 is 14.3 Å². The van der Waals surface area contributed by atoms with Crippen molar-refractivity contribution in [2.75, 3.05) is 0 Å². The molecular weight excluding hydrogens is 339 g/mol. The van der Waals surface area contributed by atoms with Gasteiger partial charge in [0.2, 0.25) is 0 Å². The predicted molar refractivity (Wildman–Crippen MR) is 90.1 cm³/mol. The fourth-order valence-corrected chi connectivity index (χ4v) is 3.04. The topological polar surface area (TPSA) is 67.4 Å². The lowest BCUT2D eigenvalue weighted by atomic mass is 9.96. The highest BCUT2D eigenvalue weighted by Gasteiger charge is 2.20. The smallest absolute Gasteiger partial charge is 0.321 e. The van der Waals surface area contributed by atoms with Gasteiger partial charge in [-0.3, -0.25) is 10.1 Å². The molecule has 0 radical (unpaired) electrons. The molecule has 5 nitrogen and oxygen atoms in total. The first-order valence-electron chi connectivity index (χ1n) is 7.68. The Labute approximate surface area is 145 Å². The lowest BCUT2D eigenvalue weighted by molar-refractivity contribution is -0.126. The van der Waals surface area contributed by atoms with Crippen LogP contribution in [0, 0.1) is 0 Å². The van der Waals surface area contributed by atoms with Crippen LogP contribution in [0.2, 0.25) is 10.0 Å². The molecule has 0 aromatic heterocycles. The molecule has 1 aliphatic carbocycles. The van der Waals surface area contributed by atoms with Gasteiger partial charge in [-0.1, -0.05) is 42.5 Å². The van der Waals surface area contributed by atoms with Gasteiger partial charge in [-0.05, 0) is 38.0 Å². The maximum Gasteiger partial charge on any atom is 0.321 e. The molecule has 2 N–H and O–H groups in total. The number of halogens is 2. The third-order valence-electron chi connectivity index (χ3n) is 3.70. The van der Waals surface area contributed by atoms with E-state index in [0.717, 1.165) is 25.7 Å². The van der Waals surface area contributed by atoms with Gasteiger partial charge in [-0.25, -0.2) is 4.79 Å². The predicted octanol–water partition coefficient (Wildman–Crippen LogP) is 3.92. The third kappa shape index (κ3) is 5.92. The second kappa shape index (κ2) is 8.41. The van der Waals surface area contributed by atoms with Gasteiger partial charge in [0.25, 0.3) is 5.91 Å². The Kier molecular flexibility index (Phi) is 6.54. The minimum Gasteiger partial charge on any atom is -0.481 e. The first-order valence-corrected chi connectivity index (χ1v) is 8.44. The highest BCUT2D eigenvalue weighted by Crippen LogP contribution is 2.25. The molecule has 1 aliphatic rings. The number of ether oxygens (including phenoxy) is 1. The van der Waals surface area contributed by atoms with Crippen LogP contribution in [0.15, 0.2) is 18.2 Å². The molecule has 1 aromatic rings. The van der Waals surface area contributed by atoms with Crippen LogP contribution < -0.4 is 15.4 Å². The van der Waals surface area contributed by atoms with Gasteiger partial charge in [0.15, 0.2) is 6.10 Å². The molecule has 1 fully saturated rings. The van der Waals surface area contributed by atoms with E-state index in [9.17, 15) is 9.59 Å². The zero-order valence-corrected chi connectivity index (χ0v) is 14.4. The van der Waals surface area contributed by atoms with E-state index in [-0.39, 0.29) is 6.04 Å². The van der Waals surface area contributed by atoms with Gasteiger partial charge in [0, 0.05) is 16.1 Å². The Balaban J connectivity index is 1.82. The Morgan fingerprint density at radius 1 is 1.13 bits per heavy atom. The quantitative estimate of drug-likeness (QED) is 0.856. The molecule has 0 aliphatic heterocycles. The van der Waals surface area contributed by atoms with Crippen molar-refractivity contribution in [2.45, 2.75) is 51.2 Å². The summed E-state index contributed by atoms with van der Waals surface area (Å²) in [4.78, 5) is 23.9. The summed E-state index contributed by atoms with van der Waals surface area (Å²) in [5, 5.41) is 5.94. The van der Waals surface area contributed by atoms with E-state index in [1.54, 1.807) is 25.1 Å². The summed E-state index contributed by atoms with van der Waals surface area (Å²) in [5.74, 6) is -0.146. The summed E-state index contributed by atoms with van der Waals surface area (Å²) in [5.41, 5.74) is 0. The monoisotopic (exact) mass is 358 g/mol. The van der Waals surface area contributed by atoms with Crippen molar-refractivity contribution in [1.82, 2.24) is 10.6 Å². The van der Waals surface area contributed by atoms with E-state index in [1.165, 1.54) is 6.42 Å². The molecule has 2 rings (SSSR count). The Morgan fingerprint density at radius 3 is 2.35 bits per heavy atom. The van der Waals surface area contributed by atoms with Gasteiger partial charge >= 0.3 is 6.03 Å². The number of amides is 3. The van der Waals surface area contributed by atoms with Crippen molar-refractivity contribution in [3.63, 3.8) is 0 Å². The number of urea groups is 1. The van der Waals surface area contributed by atoms with Gasteiger partial charge in [-0.2, -0.15) is 0 Å². The van der Waals surface area contributed by atoms with Crippen LogP contribution >= 0.6 is 23.2 Å². The highest BCUT2D eigenvalue weighted by atomic mass is 35.5. The van der Waals surface area contributed by atoms with Crippen LogP contribution in [0.4, 0.5) is 4.79 Å². The number of carbonyl (C=O) groups excluding carboxylic acids is 2. The molecule has 1 atom stereocenters. The summed E-state index contributed by atoms with van der Waals surface area (Å²) in [6.07, 6.45) is 4.47. The summed E-state index contributed by atoms with van der Waals surface area (Å²) < 4.78 is 5.47. The molecule has 7 heteroatoms. The largest absolute Gasteiger partial charge is 0.481 e. The number of carbonyl (C=O) groups is 2. The van der Waals surface area contributed by atoms with Crippen LogP contribution in [0.5, 0.6) is 5.75 Å². The second-order valence-electron chi connectivity index (χ2n) is 5.66. The summed E-state index contributed by atoms with van der Waals surface area (Å²) in [7, 11) is 0. The molecular formula is C16H20Cl2N2O3. The van der Waals surface area contributed by atoms with Crippen LogP contribution in [0.1, 0.15) is 39.0 Å². The third-order valence-corrected chi connectivity index (χ3v) is 4.13. The number of rotatable bonds is 4. The molecule has 0 saturated heterocycles. The van der Waals surface area contributed by atoms with Gasteiger partial charge in [0.05, 0.1) is 0 Å². The average molecular weight is 359 g/mol. The van der Waals surface area contributed by atoms with Crippen molar-refractivity contribution >= 4 is 35.1 Å². The fraction of sp³-hybridized carbons (Fsp3) is 0.500. The first-order chi connectivity index (χ1) is 10.9. The van der Waals surface area contributed by atoms with Crippen molar-refractivity contribution in [1.29, 1.82) is 0 Å². The van der Waals surface area contributed by atoms with E-state index in [4.69, 9.17) is 27.9 Å². The van der Waals surface area contributed by atoms with E-state index < -0.39 is 18.0 Å². The Bertz CT molecular complexity index is 554. The zero-order valence-electron chi connectivity index (χ0n) is 12.9. The normalized spacial score (nSPS) is 16.5. The fourth-order valence-electron chi connectivity index (χ4n) is 2.54. The SMILES string of the molecule is C[C@@H](Oc1cc(Cl)cc(Cl)c1)C(=O)NC(=O)NC1CCCCC1. The Hall–Kier alpha value is -1.46. The number of hydrogen-bond donors (Lipinski definition) is 2. The van der Waals surface area contributed by atoms with Crippen LogP contribution in [-0.2, 0) is 4.79 Å². The molecule has 23 heavy (non-hydrogen) atoms. The Morgan fingerprint density at radius 2 is 1.74 bits per heavy atom. The standard InChI is InChI=1S/C16H20Cl2N2O3/c1-10(23-14-8-11(17)7-12(18)9-14)15(21)20-16(22)19-13-5-3-2-4-6-13/h7-10,13H,2-6H2,1H3,(H2,19,20,21,22)/t10-/m1/s1. The van der Waals surface area contributed by atoms with Gasteiger partial charge in [-0.15, -0.1) is 0 Å². The molecule has 3 amide bonds. The first kappa shape index (κ1) is 17.9. The maximum absolute atomic E-state index is 12.0. The highest BCUT2D eigenvalue weighted by molar-refractivity contribution is 6.34. The van der Waals surface area contributed by atoms with Gasteiger partial charge < -0.3 is 10.1 Å². The summed E-state index contributed by atoms with van der Waals surface area (Å²) in [6.45, 7) is 1.55. The molecule has 0 bridgehead atoms. The van der Waals surface area contributed by atoms with Crippen LogP contribution in [0.3, 0.4) is 0 Å². The minimum absolute atomic E-state index is 0.138. The number of imide groups is 1. The van der Waals surface area contributed by atoms with E-state index in [2.05, 4.69) is 10.6 Å². The van der Waals surface area contributed by atoms with E-state index >= 15 is 0 Å². The minimum atomic E-state index is -0.846. The molecule has 1 aromatic carbocycles. The number of nitrogens with one attached hydrogen (secondary N) is 2. The molecule has 0 unspecified atom stereocenters. The summed E-state index contributed by atoms with van der Waals surface area (Å²) in [6, 6.07) is 4.33. The van der Waals surface area contributed by atoms with Crippen molar-refractivity contribution in [2.24, 2.45) is 0 Å². The second-order valence-corrected chi connectivity index (χ2v) is 6.54. The zero-order chi connectivity index (χ0) is 16.8. The van der Waals surface area contributed by atoms with E-state index in [0.29, 0.717) is 15.8 Å². The van der Waals surface area contributed by atoms with Gasteiger partial charge in [0.1, 0.15) is 5.75 Å². The van der Waals surface area contributed by atoms with Crippen LogP contribution in [0.25, 0.3) is 0 Å². The maximum atomic E-state index is 12.0. The molecule has 0 spiro atoms. The van der Waals surface area contributed by atoms with E-state index in [1.807, 2.05) is 0 Å². The lowest BCUT2D eigenvalue weighted by Gasteiger charge is -2.23. The number of hydrogen-bond acceptors (Lipinski definition) is 3. The van der Waals surface area contributed by atoms with Crippen molar-refractivity contribution in [3.05, 3.63) is 28.2 Å². The van der Waals surface area contributed by atoms with Crippen LogP contribution in [-0.4, -0.2) is 24.1 Å². The summed E-state index contributed by atoms with van der Waals surface area (Å²) >= 11 is 11.8. The molecule has 0 heterocycles. The average Bonchev–Trinajstić information content (AvgIpc) is 2.46. The molecule has 126 valence electrons. The van der Waals surface area contributed by atoms with Crippen molar-refractivity contribution in [3.8, 4) is 5.75 Å². The lowest BCUT2D eigenvalue weighted by Crippen LogP contribution is -2.48. The molecule has 1 saturated carbocycles. The number of benzene rings is 1.